The van der Waals surface area contributed by atoms with Gasteiger partial charge in [-0.2, -0.15) is 5.10 Å². The summed E-state index contributed by atoms with van der Waals surface area (Å²) in [6.07, 6.45) is 5.59. The Bertz CT molecular complexity index is 293. The van der Waals surface area contributed by atoms with Crippen molar-refractivity contribution in [1.82, 2.24) is 15.1 Å². The van der Waals surface area contributed by atoms with Crippen LogP contribution in [0.4, 0.5) is 0 Å². The third-order valence-corrected chi connectivity index (χ3v) is 3.37. The maximum absolute atomic E-state index is 4.17. The zero-order valence-corrected chi connectivity index (χ0v) is 11.0. The van der Waals surface area contributed by atoms with Gasteiger partial charge in [-0.05, 0) is 24.8 Å². The first-order valence-electron chi connectivity index (χ1n) is 6.37. The van der Waals surface area contributed by atoms with Crippen LogP contribution in [0.1, 0.15) is 45.7 Å². The highest BCUT2D eigenvalue weighted by Gasteiger charge is 2.10. The Morgan fingerprint density at radius 3 is 2.62 bits per heavy atom. The molecule has 1 N–H and O–H groups in total. The number of aromatic nitrogens is 2. The van der Waals surface area contributed by atoms with E-state index in [2.05, 4.69) is 37.3 Å². The minimum absolute atomic E-state index is 0.629. The van der Waals surface area contributed by atoms with Crippen molar-refractivity contribution in [3.8, 4) is 0 Å². The molecule has 2 atom stereocenters. The fourth-order valence-corrected chi connectivity index (χ4v) is 1.87. The molecular weight excluding hydrogens is 198 g/mol. The molecule has 92 valence electrons. The number of nitrogens with zero attached hydrogens (tertiary/aromatic N) is 2. The van der Waals surface area contributed by atoms with E-state index in [0.717, 1.165) is 12.5 Å². The molecule has 16 heavy (non-hydrogen) atoms. The highest BCUT2D eigenvalue weighted by Crippen LogP contribution is 2.12. The minimum Gasteiger partial charge on any atom is -0.308 e. The molecule has 0 aliphatic heterocycles. The van der Waals surface area contributed by atoms with Gasteiger partial charge < -0.3 is 5.32 Å². The van der Waals surface area contributed by atoms with Crippen LogP contribution in [0, 0.1) is 5.92 Å². The van der Waals surface area contributed by atoms with Crippen LogP contribution in [-0.4, -0.2) is 15.8 Å². The molecule has 2 unspecified atom stereocenters. The molecule has 0 fully saturated rings. The Balaban J connectivity index is 2.37. The normalized spacial score (nSPS) is 15.0. The summed E-state index contributed by atoms with van der Waals surface area (Å²) in [5.41, 5.74) is 1.25. The first-order valence-corrected chi connectivity index (χ1v) is 6.37. The number of hydrogen-bond donors (Lipinski definition) is 1. The predicted octanol–water partition coefficient (Wildman–Crippen LogP) is 2.72. The molecule has 0 amide bonds. The molecule has 0 aromatic carbocycles. The molecule has 1 aromatic heterocycles. The van der Waals surface area contributed by atoms with Crippen molar-refractivity contribution in [3.05, 3.63) is 18.0 Å². The van der Waals surface area contributed by atoms with Crippen LogP contribution < -0.4 is 5.32 Å². The van der Waals surface area contributed by atoms with Crippen LogP contribution in [0.3, 0.4) is 0 Å². The number of hydrogen-bond acceptors (Lipinski definition) is 2. The van der Waals surface area contributed by atoms with Gasteiger partial charge in [-0.3, -0.25) is 4.68 Å². The van der Waals surface area contributed by atoms with Crippen LogP contribution in [0.15, 0.2) is 12.3 Å². The summed E-state index contributed by atoms with van der Waals surface area (Å²) in [6.45, 7) is 7.77. The average molecular weight is 223 g/mol. The third kappa shape index (κ3) is 3.97. The molecule has 0 saturated heterocycles. The van der Waals surface area contributed by atoms with E-state index in [4.69, 9.17) is 0 Å². The fraction of sp³-hybridized carbons (Fsp3) is 0.769. The van der Waals surface area contributed by atoms with Gasteiger partial charge in [-0.1, -0.05) is 27.2 Å². The number of rotatable bonds is 7. The largest absolute Gasteiger partial charge is 0.308 e. The summed E-state index contributed by atoms with van der Waals surface area (Å²) < 4.78 is 1.93. The summed E-state index contributed by atoms with van der Waals surface area (Å²) in [4.78, 5) is 0. The smallest absolute Gasteiger partial charge is 0.0518 e. The van der Waals surface area contributed by atoms with Gasteiger partial charge >= 0.3 is 0 Å². The third-order valence-electron chi connectivity index (χ3n) is 3.37. The Kier molecular flexibility index (Phi) is 5.53. The highest BCUT2D eigenvalue weighted by molar-refractivity contribution is 4.99. The van der Waals surface area contributed by atoms with E-state index in [1.807, 2.05) is 17.9 Å². The lowest BCUT2D eigenvalue weighted by atomic mass is 9.98. The SMILES string of the molecule is CCC(C)CC(CC)NCc1ccnn1C. The highest BCUT2D eigenvalue weighted by atomic mass is 15.3. The Morgan fingerprint density at radius 1 is 1.38 bits per heavy atom. The van der Waals surface area contributed by atoms with E-state index in [9.17, 15) is 0 Å². The van der Waals surface area contributed by atoms with Crippen LogP contribution in [0.5, 0.6) is 0 Å². The molecule has 0 aliphatic rings. The number of nitrogens with one attached hydrogen (secondary N) is 1. The van der Waals surface area contributed by atoms with Gasteiger partial charge in [0, 0.05) is 25.8 Å². The molecule has 1 heterocycles. The molecule has 1 aromatic rings. The first kappa shape index (κ1) is 13.2. The van der Waals surface area contributed by atoms with Crippen molar-refractivity contribution >= 4 is 0 Å². The first-order chi connectivity index (χ1) is 7.67. The Morgan fingerprint density at radius 2 is 2.12 bits per heavy atom. The van der Waals surface area contributed by atoms with Gasteiger partial charge in [0.05, 0.1) is 5.69 Å². The predicted molar refractivity (Wildman–Crippen MR) is 68.2 cm³/mol. The summed E-state index contributed by atoms with van der Waals surface area (Å²) in [7, 11) is 1.99. The fourth-order valence-electron chi connectivity index (χ4n) is 1.87. The van der Waals surface area contributed by atoms with Gasteiger partial charge in [-0.25, -0.2) is 0 Å². The van der Waals surface area contributed by atoms with Crippen LogP contribution in [-0.2, 0) is 13.6 Å². The molecular formula is C13H25N3. The molecule has 0 spiro atoms. The lowest BCUT2D eigenvalue weighted by Crippen LogP contribution is -2.30. The van der Waals surface area contributed by atoms with Crippen molar-refractivity contribution in [3.63, 3.8) is 0 Å². The molecule has 0 bridgehead atoms. The summed E-state index contributed by atoms with van der Waals surface area (Å²) in [5, 5.41) is 7.79. The van der Waals surface area contributed by atoms with Crippen molar-refractivity contribution in [1.29, 1.82) is 0 Å². The van der Waals surface area contributed by atoms with Gasteiger partial charge in [0.2, 0.25) is 0 Å². The van der Waals surface area contributed by atoms with Crippen LogP contribution in [0.2, 0.25) is 0 Å². The molecule has 3 heteroatoms. The lowest BCUT2D eigenvalue weighted by molar-refractivity contribution is 0.380. The summed E-state index contributed by atoms with van der Waals surface area (Å²) in [5.74, 6) is 0.809. The standard InChI is InChI=1S/C13H25N3/c1-5-11(3)9-12(6-2)14-10-13-7-8-15-16(13)4/h7-8,11-12,14H,5-6,9-10H2,1-4H3. The van der Waals surface area contributed by atoms with E-state index >= 15 is 0 Å². The molecule has 1 rings (SSSR count). The zero-order valence-electron chi connectivity index (χ0n) is 11.0. The maximum Gasteiger partial charge on any atom is 0.0518 e. The van der Waals surface area contributed by atoms with E-state index < -0.39 is 0 Å². The second-order valence-corrected chi connectivity index (χ2v) is 4.68. The second kappa shape index (κ2) is 6.69. The number of aryl methyl sites for hydroxylation is 1. The van der Waals surface area contributed by atoms with Gasteiger partial charge in [0.1, 0.15) is 0 Å². The maximum atomic E-state index is 4.17. The summed E-state index contributed by atoms with van der Waals surface area (Å²) >= 11 is 0. The van der Waals surface area contributed by atoms with Crippen LogP contribution >= 0.6 is 0 Å². The van der Waals surface area contributed by atoms with E-state index in [1.165, 1.54) is 25.0 Å². The monoisotopic (exact) mass is 223 g/mol. The van der Waals surface area contributed by atoms with Crippen molar-refractivity contribution in [2.45, 2.75) is 52.6 Å². The quantitative estimate of drug-likeness (QED) is 0.770. The van der Waals surface area contributed by atoms with Crippen LogP contribution in [0.25, 0.3) is 0 Å². The Labute approximate surface area is 99.2 Å². The average Bonchev–Trinajstić information content (AvgIpc) is 2.69. The van der Waals surface area contributed by atoms with Gasteiger partial charge in [0.15, 0.2) is 0 Å². The van der Waals surface area contributed by atoms with Crippen molar-refractivity contribution in [2.75, 3.05) is 0 Å². The molecule has 0 radical (unpaired) electrons. The van der Waals surface area contributed by atoms with Gasteiger partial charge in [-0.15, -0.1) is 0 Å². The lowest BCUT2D eigenvalue weighted by Gasteiger charge is -2.20. The van der Waals surface area contributed by atoms with E-state index in [0.29, 0.717) is 6.04 Å². The zero-order chi connectivity index (χ0) is 12.0. The van der Waals surface area contributed by atoms with E-state index in [-0.39, 0.29) is 0 Å². The van der Waals surface area contributed by atoms with E-state index in [1.54, 1.807) is 0 Å². The van der Waals surface area contributed by atoms with Crippen molar-refractivity contribution < 1.29 is 0 Å². The summed E-state index contributed by atoms with van der Waals surface area (Å²) in [6, 6.07) is 2.70. The second-order valence-electron chi connectivity index (χ2n) is 4.68. The molecule has 3 nitrogen and oxygen atoms in total. The van der Waals surface area contributed by atoms with Gasteiger partial charge in [0.25, 0.3) is 0 Å². The topological polar surface area (TPSA) is 29.9 Å². The molecule has 0 aliphatic carbocycles. The Hall–Kier alpha value is -0.830. The van der Waals surface area contributed by atoms with Crippen molar-refractivity contribution in [2.24, 2.45) is 13.0 Å². The minimum atomic E-state index is 0.629. The molecule has 0 saturated carbocycles.